The summed E-state index contributed by atoms with van der Waals surface area (Å²) in [7, 11) is 1.85. The average molecular weight is 582 g/mol. The molecule has 9 nitrogen and oxygen atoms in total. The third-order valence-corrected chi connectivity index (χ3v) is 9.30. The van der Waals surface area contributed by atoms with Crippen LogP contribution in [0.4, 0.5) is 0 Å². The number of carbonyl (C=O) groups excluding carboxylic acids is 2. The van der Waals surface area contributed by atoms with Crippen LogP contribution < -0.4 is 5.56 Å². The lowest BCUT2D eigenvalue weighted by Crippen LogP contribution is -2.53. The molecule has 4 heterocycles. The zero-order valence-electron chi connectivity index (χ0n) is 24.9. The highest BCUT2D eigenvalue weighted by Crippen LogP contribution is 2.36. The lowest BCUT2D eigenvalue weighted by Gasteiger charge is -2.43. The number of ketones is 1. The molecule has 9 heteroatoms. The number of benzene rings is 2. The van der Waals surface area contributed by atoms with E-state index in [4.69, 9.17) is 0 Å². The number of hydrogen-bond donors (Lipinski definition) is 1. The Bertz CT molecular complexity index is 1690. The Morgan fingerprint density at radius 2 is 1.79 bits per heavy atom. The van der Waals surface area contributed by atoms with E-state index < -0.39 is 5.60 Å². The molecule has 2 aliphatic heterocycles. The topological polar surface area (TPSA) is 101 Å². The molecule has 1 amide bonds. The van der Waals surface area contributed by atoms with Gasteiger partial charge in [-0.2, -0.15) is 0 Å². The number of Topliss-reactive ketones (excluding diaryl/α,β-unsaturated/α-hetero) is 1. The number of carbonyl (C=O) groups is 2. The van der Waals surface area contributed by atoms with E-state index in [1.165, 1.54) is 10.9 Å². The fourth-order valence-electron chi connectivity index (χ4n) is 6.79. The van der Waals surface area contributed by atoms with E-state index in [1.807, 2.05) is 48.3 Å². The zero-order chi connectivity index (χ0) is 30.1. The molecular weight excluding hydrogens is 542 g/mol. The summed E-state index contributed by atoms with van der Waals surface area (Å²) < 4.78 is 3.30. The average Bonchev–Trinajstić information content (AvgIpc) is 3.40. The summed E-state index contributed by atoms with van der Waals surface area (Å²) in [6, 6.07) is 19.8. The molecule has 2 unspecified atom stereocenters. The first-order chi connectivity index (χ1) is 20.7. The second-order valence-electron chi connectivity index (χ2n) is 12.3. The third kappa shape index (κ3) is 6.05. The van der Waals surface area contributed by atoms with Crippen LogP contribution in [0.2, 0.25) is 0 Å². The SMILES string of the molecule is CC(=O)c1cccc(CN2CCC(C(=O)N3CCC(O)(Cn4cnc5c(ccn5C)c4=O)CC3)C(c3ccccc3)C2)c1. The molecule has 2 aromatic carbocycles. The van der Waals surface area contributed by atoms with Crippen molar-refractivity contribution in [1.82, 2.24) is 23.9 Å². The molecule has 2 fully saturated rings. The third-order valence-electron chi connectivity index (χ3n) is 9.30. The Kier molecular flexibility index (Phi) is 8.03. The number of aromatic nitrogens is 3. The van der Waals surface area contributed by atoms with Crippen molar-refractivity contribution in [2.75, 3.05) is 26.2 Å². The smallest absolute Gasteiger partial charge is 0.262 e. The van der Waals surface area contributed by atoms with Crippen LogP contribution in [0.25, 0.3) is 11.0 Å². The Balaban J connectivity index is 1.13. The van der Waals surface area contributed by atoms with Gasteiger partial charge in [0, 0.05) is 56.8 Å². The van der Waals surface area contributed by atoms with Crippen LogP contribution in [0.1, 0.15) is 53.6 Å². The van der Waals surface area contributed by atoms with Crippen molar-refractivity contribution in [2.45, 2.75) is 50.8 Å². The molecule has 0 saturated carbocycles. The lowest BCUT2D eigenvalue weighted by molar-refractivity contribution is -0.142. The molecule has 2 aromatic heterocycles. The predicted octanol–water partition coefficient (Wildman–Crippen LogP) is 3.60. The van der Waals surface area contributed by atoms with Gasteiger partial charge in [0.25, 0.3) is 5.56 Å². The first-order valence-electron chi connectivity index (χ1n) is 15.1. The molecule has 224 valence electrons. The number of aliphatic hydroxyl groups is 1. The van der Waals surface area contributed by atoms with E-state index in [0.29, 0.717) is 42.5 Å². The van der Waals surface area contributed by atoms with Crippen LogP contribution in [0.5, 0.6) is 0 Å². The maximum Gasteiger partial charge on any atom is 0.262 e. The Hall–Kier alpha value is -4.08. The van der Waals surface area contributed by atoms with E-state index in [2.05, 4.69) is 28.1 Å². The zero-order valence-corrected chi connectivity index (χ0v) is 24.9. The second-order valence-corrected chi connectivity index (χ2v) is 12.3. The number of aryl methyl sites for hydroxylation is 1. The summed E-state index contributed by atoms with van der Waals surface area (Å²) in [4.78, 5) is 47.6. The molecule has 0 radical (unpaired) electrons. The van der Waals surface area contributed by atoms with Crippen molar-refractivity contribution in [3.8, 4) is 0 Å². The van der Waals surface area contributed by atoms with Crippen molar-refractivity contribution in [1.29, 1.82) is 0 Å². The van der Waals surface area contributed by atoms with Crippen LogP contribution in [-0.4, -0.2) is 72.5 Å². The van der Waals surface area contributed by atoms with Gasteiger partial charge in [0.2, 0.25) is 5.91 Å². The van der Waals surface area contributed by atoms with Gasteiger partial charge in [0.05, 0.1) is 17.5 Å². The number of hydrogen-bond acceptors (Lipinski definition) is 6. The minimum atomic E-state index is -1.08. The monoisotopic (exact) mass is 581 g/mol. The Labute approximate surface area is 251 Å². The molecular formula is C34H39N5O4. The van der Waals surface area contributed by atoms with Crippen LogP contribution >= 0.6 is 0 Å². The summed E-state index contributed by atoms with van der Waals surface area (Å²) in [5, 5.41) is 12.0. The van der Waals surface area contributed by atoms with Gasteiger partial charge in [-0.25, -0.2) is 4.98 Å². The molecule has 2 atom stereocenters. The van der Waals surface area contributed by atoms with E-state index in [1.54, 1.807) is 23.8 Å². The van der Waals surface area contributed by atoms with Crippen LogP contribution in [0, 0.1) is 5.92 Å². The standard InChI is InChI=1S/C34H39N5O4/c1-24(40)27-10-6-7-25(19-27)20-37-16-12-28(30(21-37)26-8-4-3-5-9-26)32(41)38-17-13-34(43,14-18-38)22-39-23-35-31-29(33(39)42)11-15-36(31)2/h3-11,15,19,23,28,30,43H,12-14,16-18,20-22H2,1-2H3. The first-order valence-corrected chi connectivity index (χ1v) is 15.1. The van der Waals surface area contributed by atoms with Gasteiger partial charge in [-0.05, 0) is 56.0 Å². The van der Waals surface area contributed by atoms with E-state index in [9.17, 15) is 19.5 Å². The summed E-state index contributed by atoms with van der Waals surface area (Å²) in [5.41, 5.74) is 2.34. The number of piperidine rings is 2. The molecule has 2 aliphatic rings. The summed E-state index contributed by atoms with van der Waals surface area (Å²) in [6.07, 6.45) is 4.86. The maximum absolute atomic E-state index is 14.0. The normalized spacial score (nSPS) is 20.8. The molecule has 0 bridgehead atoms. The number of rotatable bonds is 7. The number of likely N-dealkylation sites (tertiary alicyclic amines) is 2. The van der Waals surface area contributed by atoms with E-state index >= 15 is 0 Å². The van der Waals surface area contributed by atoms with Crippen molar-refractivity contribution >= 4 is 22.7 Å². The molecule has 6 rings (SSSR count). The molecule has 2 saturated heterocycles. The van der Waals surface area contributed by atoms with Gasteiger partial charge in [0.1, 0.15) is 12.0 Å². The highest BCUT2D eigenvalue weighted by atomic mass is 16.3. The fraction of sp³-hybridized carbons (Fsp3) is 0.412. The Morgan fingerprint density at radius 1 is 1.02 bits per heavy atom. The first kappa shape index (κ1) is 29.0. The highest BCUT2D eigenvalue weighted by molar-refractivity contribution is 5.94. The van der Waals surface area contributed by atoms with Crippen LogP contribution in [0.15, 0.2) is 78.0 Å². The fourth-order valence-corrected chi connectivity index (χ4v) is 6.79. The van der Waals surface area contributed by atoms with Gasteiger partial charge in [-0.1, -0.05) is 48.5 Å². The summed E-state index contributed by atoms with van der Waals surface area (Å²) in [6.45, 7) is 4.91. The van der Waals surface area contributed by atoms with Gasteiger partial charge in [0.15, 0.2) is 5.78 Å². The highest BCUT2D eigenvalue weighted by Gasteiger charge is 2.41. The van der Waals surface area contributed by atoms with Crippen LogP contribution in [-0.2, 0) is 24.9 Å². The number of fused-ring (bicyclic) bond motifs is 1. The quantitative estimate of drug-likeness (QED) is 0.335. The van der Waals surface area contributed by atoms with Crippen molar-refractivity contribution in [3.63, 3.8) is 0 Å². The minimum absolute atomic E-state index is 0.0431. The summed E-state index contributed by atoms with van der Waals surface area (Å²) >= 11 is 0. The molecule has 0 spiro atoms. The van der Waals surface area contributed by atoms with Crippen molar-refractivity contribution < 1.29 is 14.7 Å². The van der Waals surface area contributed by atoms with E-state index in [0.717, 1.165) is 37.2 Å². The Morgan fingerprint density at radius 3 is 2.53 bits per heavy atom. The second kappa shape index (κ2) is 11.9. The van der Waals surface area contributed by atoms with Crippen molar-refractivity contribution in [3.05, 3.63) is 100 Å². The maximum atomic E-state index is 14.0. The number of amides is 1. The predicted molar refractivity (Wildman–Crippen MR) is 165 cm³/mol. The molecule has 43 heavy (non-hydrogen) atoms. The van der Waals surface area contributed by atoms with E-state index in [-0.39, 0.29) is 35.6 Å². The van der Waals surface area contributed by atoms with Gasteiger partial charge in [-0.15, -0.1) is 0 Å². The summed E-state index contributed by atoms with van der Waals surface area (Å²) in [5.74, 6) is 0.0867. The number of nitrogens with zero attached hydrogens (tertiary/aromatic N) is 5. The molecule has 4 aromatic rings. The molecule has 1 N–H and O–H groups in total. The van der Waals surface area contributed by atoms with Gasteiger partial charge >= 0.3 is 0 Å². The largest absolute Gasteiger partial charge is 0.388 e. The lowest BCUT2D eigenvalue weighted by atomic mass is 9.79. The minimum Gasteiger partial charge on any atom is -0.388 e. The molecule has 0 aliphatic carbocycles. The van der Waals surface area contributed by atoms with Crippen molar-refractivity contribution in [2.24, 2.45) is 13.0 Å². The van der Waals surface area contributed by atoms with Crippen LogP contribution in [0.3, 0.4) is 0 Å². The van der Waals surface area contributed by atoms with Gasteiger partial charge in [-0.3, -0.25) is 23.9 Å². The van der Waals surface area contributed by atoms with Gasteiger partial charge < -0.3 is 14.6 Å².